The molecule has 0 radical (unpaired) electrons. The van der Waals surface area contributed by atoms with Crippen molar-refractivity contribution in [3.63, 3.8) is 0 Å². The Morgan fingerprint density at radius 2 is 1.47 bits per heavy atom. The molecule has 8 heteroatoms. The summed E-state index contributed by atoms with van der Waals surface area (Å²) in [4.78, 5) is -0.342. The van der Waals surface area contributed by atoms with E-state index in [1.54, 1.807) is 0 Å². The molecule has 0 fully saturated rings. The van der Waals surface area contributed by atoms with E-state index in [1.807, 2.05) is 0 Å². The van der Waals surface area contributed by atoms with E-state index >= 15 is 0 Å². The van der Waals surface area contributed by atoms with Gasteiger partial charge in [-0.3, -0.25) is 0 Å². The van der Waals surface area contributed by atoms with Crippen LogP contribution in [-0.2, 0) is 16.2 Å². The summed E-state index contributed by atoms with van der Waals surface area (Å²) in [6.07, 6.45) is -4.48. The standard InChI is InChI=1S/C7H6F3NO2S.K.H/c8-7(9,10)5-1-3-6(4-2-5)14(11,12)13;;/h1-4H,(H2,11,12,13);;. The van der Waals surface area contributed by atoms with Crippen molar-refractivity contribution in [2.75, 3.05) is 0 Å². The van der Waals surface area contributed by atoms with Crippen molar-refractivity contribution in [2.24, 2.45) is 5.14 Å². The minimum absolute atomic E-state index is 0. The Morgan fingerprint density at radius 3 is 1.73 bits per heavy atom. The molecule has 1 rings (SSSR count). The van der Waals surface area contributed by atoms with Crippen molar-refractivity contribution in [3.05, 3.63) is 29.8 Å². The quantitative estimate of drug-likeness (QED) is 0.760. The molecule has 0 amide bonds. The second kappa shape index (κ2) is 5.26. The summed E-state index contributed by atoms with van der Waals surface area (Å²) in [7, 11) is -3.93. The monoisotopic (exact) mass is 265 g/mol. The molecule has 1 aromatic rings. The van der Waals surface area contributed by atoms with Gasteiger partial charge >= 0.3 is 57.6 Å². The van der Waals surface area contributed by atoms with E-state index in [0.717, 1.165) is 12.1 Å². The van der Waals surface area contributed by atoms with Crippen LogP contribution in [0, 0.1) is 0 Å². The van der Waals surface area contributed by atoms with Crippen LogP contribution in [0.4, 0.5) is 13.2 Å². The number of rotatable bonds is 1. The van der Waals surface area contributed by atoms with E-state index in [-0.39, 0.29) is 56.3 Å². The number of halogens is 3. The van der Waals surface area contributed by atoms with E-state index in [1.165, 1.54) is 0 Å². The third-order valence-corrected chi connectivity index (χ3v) is 2.44. The molecular formula is C7H7F3KNO2S. The van der Waals surface area contributed by atoms with Crippen LogP contribution in [0.2, 0.25) is 0 Å². The average Bonchev–Trinajstić information content (AvgIpc) is 2.01. The van der Waals surface area contributed by atoms with Gasteiger partial charge in [0.15, 0.2) is 0 Å². The summed E-state index contributed by atoms with van der Waals surface area (Å²) in [6.45, 7) is 0. The average molecular weight is 265 g/mol. The molecule has 0 bridgehead atoms. The maximum absolute atomic E-state index is 12.0. The molecule has 15 heavy (non-hydrogen) atoms. The van der Waals surface area contributed by atoms with Crippen molar-refractivity contribution < 1.29 is 21.6 Å². The summed E-state index contributed by atoms with van der Waals surface area (Å²) in [6, 6.07) is 2.97. The summed E-state index contributed by atoms with van der Waals surface area (Å²) in [5.74, 6) is 0. The molecule has 0 saturated carbocycles. The van der Waals surface area contributed by atoms with Crippen molar-refractivity contribution in [1.29, 1.82) is 0 Å². The van der Waals surface area contributed by atoms with Crippen molar-refractivity contribution in [3.8, 4) is 0 Å². The van der Waals surface area contributed by atoms with Crippen LogP contribution in [0.1, 0.15) is 5.56 Å². The van der Waals surface area contributed by atoms with Crippen LogP contribution in [0.25, 0.3) is 0 Å². The molecule has 0 spiro atoms. The molecule has 0 heterocycles. The summed E-state index contributed by atoms with van der Waals surface area (Å²) >= 11 is 0. The molecule has 1 aromatic carbocycles. The van der Waals surface area contributed by atoms with Crippen LogP contribution in [0.15, 0.2) is 29.2 Å². The third kappa shape index (κ3) is 4.51. The van der Waals surface area contributed by atoms with Gasteiger partial charge in [0.2, 0.25) is 10.0 Å². The molecule has 0 unspecified atom stereocenters. The first-order valence-electron chi connectivity index (χ1n) is 3.41. The zero-order chi connectivity index (χ0) is 11.0. The number of sulfonamides is 1. The SMILES string of the molecule is NS(=O)(=O)c1ccc(C(F)(F)F)cc1.[KH]. The zero-order valence-corrected chi connectivity index (χ0v) is 7.56. The second-order valence-electron chi connectivity index (χ2n) is 2.57. The van der Waals surface area contributed by atoms with Crippen molar-refractivity contribution in [2.45, 2.75) is 11.1 Å². The Morgan fingerprint density at radius 1 is 1.07 bits per heavy atom. The molecular weight excluding hydrogens is 258 g/mol. The molecule has 3 nitrogen and oxygen atoms in total. The summed E-state index contributed by atoms with van der Waals surface area (Å²) in [5, 5.41) is 4.71. The predicted molar refractivity (Wildman–Crippen MR) is 50.0 cm³/mol. The van der Waals surface area contributed by atoms with Crippen molar-refractivity contribution >= 4 is 61.4 Å². The Kier molecular flexibility index (Phi) is 5.45. The number of hydrogen-bond donors (Lipinski definition) is 1. The number of primary sulfonamides is 1. The van der Waals surface area contributed by atoms with Gasteiger partial charge in [-0.15, -0.1) is 0 Å². The van der Waals surface area contributed by atoms with Crippen LogP contribution < -0.4 is 5.14 Å². The molecule has 0 aliphatic rings. The van der Waals surface area contributed by atoms with Gasteiger partial charge in [0.1, 0.15) is 0 Å². The van der Waals surface area contributed by atoms with Gasteiger partial charge in [0.25, 0.3) is 0 Å². The van der Waals surface area contributed by atoms with Crippen LogP contribution in [-0.4, -0.2) is 59.8 Å². The molecule has 0 saturated heterocycles. The summed E-state index contributed by atoms with van der Waals surface area (Å²) in [5.41, 5.74) is -0.912. The van der Waals surface area contributed by atoms with Gasteiger partial charge < -0.3 is 0 Å². The Bertz CT molecular complexity index is 427. The van der Waals surface area contributed by atoms with E-state index in [0.29, 0.717) is 12.1 Å². The van der Waals surface area contributed by atoms with E-state index in [2.05, 4.69) is 0 Å². The molecule has 0 aliphatic heterocycles. The maximum atomic E-state index is 12.0. The van der Waals surface area contributed by atoms with Gasteiger partial charge in [-0.2, -0.15) is 13.2 Å². The van der Waals surface area contributed by atoms with Crippen LogP contribution in [0.3, 0.4) is 0 Å². The normalized spacial score (nSPS) is 12.0. The van der Waals surface area contributed by atoms with Gasteiger partial charge in [0.05, 0.1) is 10.5 Å². The fourth-order valence-electron chi connectivity index (χ4n) is 0.834. The van der Waals surface area contributed by atoms with Gasteiger partial charge in [0, 0.05) is 0 Å². The first kappa shape index (κ1) is 15.6. The third-order valence-electron chi connectivity index (χ3n) is 1.51. The Hall–Kier alpha value is 0.556. The minimum atomic E-state index is -4.48. The first-order chi connectivity index (χ1) is 6.21. The van der Waals surface area contributed by atoms with Gasteiger partial charge in [-0.25, -0.2) is 13.6 Å². The fourth-order valence-corrected chi connectivity index (χ4v) is 1.35. The molecule has 0 atom stereocenters. The molecule has 80 valence electrons. The van der Waals surface area contributed by atoms with Crippen molar-refractivity contribution in [1.82, 2.24) is 0 Å². The second-order valence-corrected chi connectivity index (χ2v) is 4.13. The van der Waals surface area contributed by atoms with Gasteiger partial charge in [-0.05, 0) is 24.3 Å². The predicted octanol–water partition coefficient (Wildman–Crippen LogP) is 0.704. The van der Waals surface area contributed by atoms with Gasteiger partial charge in [-0.1, -0.05) is 0 Å². The first-order valence-corrected chi connectivity index (χ1v) is 4.96. The van der Waals surface area contributed by atoms with Crippen LogP contribution >= 0.6 is 0 Å². The van der Waals surface area contributed by atoms with E-state index < -0.39 is 21.8 Å². The topological polar surface area (TPSA) is 60.2 Å². The number of alkyl halides is 3. The Balaban J connectivity index is 0.00000196. The molecule has 2 N–H and O–H groups in total. The molecule has 0 aromatic heterocycles. The molecule has 0 aliphatic carbocycles. The number of nitrogens with two attached hydrogens (primary N) is 1. The number of hydrogen-bond acceptors (Lipinski definition) is 2. The van der Waals surface area contributed by atoms with E-state index in [4.69, 9.17) is 5.14 Å². The summed E-state index contributed by atoms with van der Waals surface area (Å²) < 4.78 is 57.5. The van der Waals surface area contributed by atoms with Crippen LogP contribution in [0.5, 0.6) is 0 Å². The van der Waals surface area contributed by atoms with E-state index in [9.17, 15) is 21.6 Å². The Labute approximate surface area is 127 Å². The number of benzene rings is 1. The fraction of sp³-hybridized carbons (Fsp3) is 0.143. The zero-order valence-electron chi connectivity index (χ0n) is 6.75.